The van der Waals surface area contributed by atoms with Crippen LogP contribution < -0.4 is 9.46 Å². The first-order valence-corrected chi connectivity index (χ1v) is 11.7. The second-order valence-electron chi connectivity index (χ2n) is 8.77. The maximum absolute atomic E-state index is 14.4. The molecule has 2 atom stereocenters. The fourth-order valence-corrected chi connectivity index (χ4v) is 6.17. The van der Waals surface area contributed by atoms with Gasteiger partial charge in [-0.2, -0.15) is 0 Å². The molecule has 0 spiro atoms. The Hall–Kier alpha value is -1.48. The van der Waals surface area contributed by atoms with Gasteiger partial charge in [0.25, 0.3) is 11.8 Å². The van der Waals surface area contributed by atoms with Gasteiger partial charge in [0.1, 0.15) is 11.6 Å². The van der Waals surface area contributed by atoms with E-state index in [-0.39, 0.29) is 28.7 Å². The Morgan fingerprint density at radius 1 is 1.24 bits per heavy atom. The van der Waals surface area contributed by atoms with Gasteiger partial charge in [0.15, 0.2) is 0 Å². The van der Waals surface area contributed by atoms with Crippen LogP contribution in [-0.4, -0.2) is 33.1 Å². The first-order chi connectivity index (χ1) is 13.4. The van der Waals surface area contributed by atoms with Crippen LogP contribution in [0.5, 0.6) is 5.75 Å². The molecule has 0 saturated heterocycles. The number of hydrogen-bond donors (Lipinski definition) is 1. The van der Waals surface area contributed by atoms with Gasteiger partial charge in [-0.15, -0.1) is 0 Å². The normalized spacial score (nSPS) is 32.2. The molecule has 1 amide bonds. The average Bonchev–Trinajstić information content (AvgIpc) is 2.58. The Balaban J connectivity index is 1.50. The summed E-state index contributed by atoms with van der Waals surface area (Å²) in [5.41, 5.74) is -0.896. The topological polar surface area (TPSA) is 72.5 Å². The third-order valence-corrected chi connectivity index (χ3v) is 7.33. The molecule has 160 valence electrons. The molecule has 1 aromatic rings. The SMILES string of the molecule is CS(=O)(=O)NC(=O)c1cc(Cl)c(OCC23CC4CC(C2)C(F)(F)C(C4)C3)cc1F. The van der Waals surface area contributed by atoms with E-state index >= 15 is 0 Å². The molecule has 4 aliphatic carbocycles. The van der Waals surface area contributed by atoms with E-state index < -0.39 is 45.1 Å². The van der Waals surface area contributed by atoms with E-state index in [9.17, 15) is 26.4 Å². The molecule has 4 saturated carbocycles. The molecule has 5 nitrogen and oxygen atoms in total. The lowest BCUT2D eigenvalue weighted by Gasteiger charge is -2.59. The van der Waals surface area contributed by atoms with Crippen molar-refractivity contribution in [3.63, 3.8) is 0 Å². The van der Waals surface area contributed by atoms with Crippen molar-refractivity contribution < 1.29 is 31.1 Å². The van der Waals surface area contributed by atoms with Crippen LogP contribution in [0, 0.1) is 29.0 Å². The van der Waals surface area contributed by atoms with Crippen LogP contribution in [0.2, 0.25) is 5.02 Å². The molecule has 0 heterocycles. The molecule has 4 fully saturated rings. The highest BCUT2D eigenvalue weighted by Gasteiger charge is 2.63. The van der Waals surface area contributed by atoms with Crippen LogP contribution in [0.15, 0.2) is 12.1 Å². The van der Waals surface area contributed by atoms with Gasteiger partial charge in [-0.3, -0.25) is 4.79 Å². The molecular weight excluding hydrogens is 431 g/mol. The second kappa shape index (κ2) is 6.77. The van der Waals surface area contributed by atoms with Crippen molar-refractivity contribution in [1.29, 1.82) is 0 Å². The van der Waals surface area contributed by atoms with Crippen molar-refractivity contribution in [2.75, 3.05) is 12.9 Å². The molecule has 0 aromatic heterocycles. The number of carbonyl (C=O) groups excluding carboxylic acids is 1. The van der Waals surface area contributed by atoms with E-state index in [0.29, 0.717) is 25.7 Å². The predicted octanol–water partition coefficient (Wildman–Crippen LogP) is 4.01. The first kappa shape index (κ1) is 20.8. The van der Waals surface area contributed by atoms with Crippen LogP contribution in [0.3, 0.4) is 0 Å². The van der Waals surface area contributed by atoms with Gasteiger partial charge in [0.05, 0.1) is 23.4 Å². The van der Waals surface area contributed by atoms with E-state index in [4.69, 9.17) is 16.3 Å². The summed E-state index contributed by atoms with van der Waals surface area (Å²) in [7, 11) is -3.86. The average molecular weight is 452 g/mol. The summed E-state index contributed by atoms with van der Waals surface area (Å²) >= 11 is 6.11. The summed E-state index contributed by atoms with van der Waals surface area (Å²) in [6.45, 7) is 0.153. The lowest BCUT2D eigenvalue weighted by molar-refractivity contribution is -0.230. The molecule has 10 heteroatoms. The van der Waals surface area contributed by atoms with Gasteiger partial charge < -0.3 is 4.74 Å². The minimum atomic E-state index is -3.86. The smallest absolute Gasteiger partial charge is 0.267 e. The number of carbonyl (C=O) groups is 1. The summed E-state index contributed by atoms with van der Waals surface area (Å²) in [6.07, 6.45) is 3.43. The monoisotopic (exact) mass is 451 g/mol. The maximum Gasteiger partial charge on any atom is 0.267 e. The zero-order valence-corrected chi connectivity index (χ0v) is 17.3. The highest BCUT2D eigenvalue weighted by molar-refractivity contribution is 7.89. The highest BCUT2D eigenvalue weighted by Crippen LogP contribution is 2.65. The van der Waals surface area contributed by atoms with Gasteiger partial charge >= 0.3 is 0 Å². The van der Waals surface area contributed by atoms with Crippen molar-refractivity contribution in [2.45, 2.75) is 38.0 Å². The number of rotatable bonds is 5. The lowest BCUT2D eigenvalue weighted by atomic mass is 9.48. The molecule has 5 rings (SSSR count). The number of benzene rings is 1. The maximum atomic E-state index is 14.4. The van der Waals surface area contributed by atoms with E-state index in [0.717, 1.165) is 24.8 Å². The number of ether oxygens (including phenoxy) is 1. The Labute approximate surface area is 172 Å². The van der Waals surface area contributed by atoms with E-state index in [1.807, 2.05) is 0 Å². The standard InChI is InChI=1S/C19H21ClF3NO4S/c1-29(26,27)24-17(25)13-4-14(20)16(5-15(13)21)28-9-18-6-10-2-11(7-18)19(22,23)12(3-10)8-18/h4-5,10-12H,2-3,6-9H2,1H3,(H,24,25). The summed E-state index contributed by atoms with van der Waals surface area (Å²) in [5, 5.41) is -0.0555. The van der Waals surface area contributed by atoms with Crippen molar-refractivity contribution in [3.05, 3.63) is 28.5 Å². The van der Waals surface area contributed by atoms with Crippen LogP contribution in [0.4, 0.5) is 13.2 Å². The lowest BCUT2D eigenvalue weighted by Crippen LogP contribution is -2.58. The minimum absolute atomic E-state index is 0.00239. The third kappa shape index (κ3) is 3.83. The van der Waals surface area contributed by atoms with Crippen molar-refractivity contribution in [3.8, 4) is 5.75 Å². The Bertz CT molecular complexity index is 950. The predicted molar refractivity (Wildman–Crippen MR) is 100 cm³/mol. The Morgan fingerprint density at radius 3 is 2.45 bits per heavy atom. The van der Waals surface area contributed by atoms with E-state index in [1.54, 1.807) is 4.72 Å². The first-order valence-electron chi connectivity index (χ1n) is 9.40. The van der Waals surface area contributed by atoms with Crippen molar-refractivity contribution >= 4 is 27.5 Å². The van der Waals surface area contributed by atoms with Gasteiger partial charge in [-0.25, -0.2) is 26.3 Å². The largest absolute Gasteiger partial charge is 0.491 e. The van der Waals surface area contributed by atoms with Crippen molar-refractivity contribution in [1.82, 2.24) is 4.72 Å². The van der Waals surface area contributed by atoms with Crippen LogP contribution in [-0.2, 0) is 10.0 Å². The zero-order valence-electron chi connectivity index (χ0n) is 15.7. The molecular formula is C19H21ClF3NO4S. The molecule has 0 aliphatic heterocycles. The number of halogens is 4. The summed E-state index contributed by atoms with van der Waals surface area (Å²) < 4.78 is 72.9. The van der Waals surface area contributed by atoms with Crippen LogP contribution in [0.25, 0.3) is 0 Å². The second-order valence-corrected chi connectivity index (χ2v) is 10.9. The zero-order chi connectivity index (χ0) is 21.2. The van der Waals surface area contributed by atoms with Crippen LogP contribution in [0.1, 0.15) is 42.5 Å². The van der Waals surface area contributed by atoms with Gasteiger partial charge in [0.2, 0.25) is 10.0 Å². The Kier molecular flexibility index (Phi) is 4.85. The van der Waals surface area contributed by atoms with E-state index in [1.165, 1.54) is 0 Å². The quantitative estimate of drug-likeness (QED) is 0.734. The molecule has 1 N–H and O–H groups in total. The summed E-state index contributed by atoms with van der Waals surface area (Å²) in [5.74, 6) is -5.74. The number of nitrogens with one attached hydrogen (secondary N) is 1. The minimum Gasteiger partial charge on any atom is -0.491 e. The van der Waals surface area contributed by atoms with Crippen LogP contribution >= 0.6 is 11.6 Å². The Morgan fingerprint density at radius 2 is 1.86 bits per heavy atom. The van der Waals surface area contributed by atoms with Crippen molar-refractivity contribution in [2.24, 2.45) is 23.2 Å². The fraction of sp³-hybridized carbons (Fsp3) is 0.632. The molecule has 4 aliphatic rings. The number of amides is 1. The molecule has 29 heavy (non-hydrogen) atoms. The summed E-state index contributed by atoms with van der Waals surface area (Å²) in [6, 6.07) is 1.93. The summed E-state index contributed by atoms with van der Waals surface area (Å²) in [4.78, 5) is 11.9. The van der Waals surface area contributed by atoms with Gasteiger partial charge in [-0.05, 0) is 44.1 Å². The van der Waals surface area contributed by atoms with Gasteiger partial charge in [-0.1, -0.05) is 11.6 Å². The molecule has 2 unspecified atom stereocenters. The third-order valence-electron chi connectivity index (χ3n) is 6.48. The van der Waals surface area contributed by atoms with E-state index in [2.05, 4.69) is 0 Å². The molecule has 0 radical (unpaired) electrons. The van der Waals surface area contributed by atoms with Gasteiger partial charge in [0, 0.05) is 23.3 Å². The number of alkyl halides is 2. The fourth-order valence-electron chi connectivity index (χ4n) is 5.51. The number of hydrogen-bond acceptors (Lipinski definition) is 4. The molecule has 1 aromatic carbocycles. The molecule has 4 bridgehead atoms. The highest BCUT2D eigenvalue weighted by atomic mass is 35.5. The number of sulfonamides is 1.